The van der Waals surface area contributed by atoms with E-state index in [0.717, 1.165) is 30.3 Å². The largest absolute Gasteiger partial charge is 0.390 e. The first-order valence-corrected chi connectivity index (χ1v) is 8.10. The molecule has 7 heteroatoms. The maximum atomic E-state index is 12.4. The molecule has 6 nitrogen and oxygen atoms in total. The molecule has 0 amide bonds. The van der Waals surface area contributed by atoms with Gasteiger partial charge in [-0.05, 0) is 37.6 Å². The molecule has 1 aliphatic heterocycles. The van der Waals surface area contributed by atoms with Crippen LogP contribution in [-0.2, 0) is 0 Å². The van der Waals surface area contributed by atoms with Crippen molar-refractivity contribution in [2.75, 3.05) is 13.1 Å². The van der Waals surface area contributed by atoms with Crippen LogP contribution in [0.1, 0.15) is 18.9 Å². The molecule has 1 fully saturated rings. The van der Waals surface area contributed by atoms with E-state index in [1.54, 1.807) is 6.07 Å². The Balaban J connectivity index is 2.08. The number of aliphatic hydroxyl groups excluding tert-OH is 1. The minimum atomic E-state index is -0.563. The van der Waals surface area contributed by atoms with Gasteiger partial charge in [0, 0.05) is 17.0 Å². The molecule has 1 saturated heterocycles. The Morgan fingerprint density at radius 1 is 1.39 bits per heavy atom. The van der Waals surface area contributed by atoms with Crippen molar-refractivity contribution < 1.29 is 5.11 Å². The Morgan fingerprint density at radius 2 is 2.26 bits per heavy atom. The van der Waals surface area contributed by atoms with Gasteiger partial charge in [-0.15, -0.1) is 0 Å². The number of aromatic nitrogens is 3. The quantitative estimate of drug-likeness (QED) is 0.634. The van der Waals surface area contributed by atoms with Gasteiger partial charge in [-0.25, -0.2) is 4.98 Å². The van der Waals surface area contributed by atoms with Crippen LogP contribution in [0.5, 0.6) is 0 Å². The molecule has 0 bridgehead atoms. The molecule has 3 aromatic rings. The highest BCUT2D eigenvalue weighted by Gasteiger charge is 2.27. The van der Waals surface area contributed by atoms with Crippen LogP contribution in [0.2, 0.25) is 5.02 Å². The van der Waals surface area contributed by atoms with E-state index < -0.39 is 6.10 Å². The van der Waals surface area contributed by atoms with Gasteiger partial charge < -0.3 is 20.0 Å². The minimum absolute atomic E-state index is 0.170. The van der Waals surface area contributed by atoms with Crippen LogP contribution in [0, 0.1) is 0 Å². The maximum Gasteiger partial charge on any atom is 0.275 e. The molecule has 1 aliphatic rings. The smallest absolute Gasteiger partial charge is 0.275 e. The highest BCUT2D eigenvalue weighted by atomic mass is 35.5. The second-order valence-corrected chi connectivity index (χ2v) is 6.38. The topological polar surface area (TPSA) is 82.9 Å². The summed E-state index contributed by atoms with van der Waals surface area (Å²) >= 11 is 6.13. The molecule has 120 valence electrons. The molecular formula is C16H17ClN4O2. The lowest BCUT2D eigenvalue weighted by molar-refractivity contribution is 0.119. The summed E-state index contributed by atoms with van der Waals surface area (Å²) in [4.78, 5) is 19.4. The third kappa shape index (κ3) is 2.34. The van der Waals surface area contributed by atoms with Gasteiger partial charge in [0.2, 0.25) is 0 Å². The van der Waals surface area contributed by atoms with Gasteiger partial charge in [0.05, 0.1) is 24.0 Å². The number of aromatic amines is 1. The summed E-state index contributed by atoms with van der Waals surface area (Å²) in [6.07, 6.45) is 2.57. The fourth-order valence-electron chi connectivity index (χ4n) is 3.50. The summed E-state index contributed by atoms with van der Waals surface area (Å²) in [5, 5.41) is 15.2. The monoisotopic (exact) mass is 332 g/mol. The molecule has 2 aromatic heterocycles. The van der Waals surface area contributed by atoms with Crippen molar-refractivity contribution in [2.24, 2.45) is 0 Å². The van der Waals surface area contributed by atoms with Gasteiger partial charge in [-0.1, -0.05) is 11.6 Å². The van der Waals surface area contributed by atoms with Gasteiger partial charge >= 0.3 is 0 Å². The van der Waals surface area contributed by atoms with Crippen LogP contribution in [0.25, 0.3) is 21.9 Å². The summed E-state index contributed by atoms with van der Waals surface area (Å²) in [7, 11) is 0. The summed E-state index contributed by atoms with van der Waals surface area (Å²) < 4.78 is 1.94. The predicted octanol–water partition coefficient (Wildman–Crippen LogP) is 1.82. The lowest BCUT2D eigenvalue weighted by atomic mass is 10.1. The van der Waals surface area contributed by atoms with Crippen molar-refractivity contribution >= 4 is 33.5 Å². The normalized spacial score (nSPS) is 22.5. The number of nitrogens with zero attached hydrogens (tertiary/aromatic N) is 2. The molecule has 4 rings (SSSR count). The highest BCUT2D eigenvalue weighted by molar-refractivity contribution is 6.31. The van der Waals surface area contributed by atoms with Crippen LogP contribution in [0.3, 0.4) is 0 Å². The molecule has 0 spiro atoms. The summed E-state index contributed by atoms with van der Waals surface area (Å²) in [5.74, 6) is 0. The van der Waals surface area contributed by atoms with E-state index in [1.165, 1.54) is 6.33 Å². The molecule has 1 unspecified atom stereocenters. The van der Waals surface area contributed by atoms with Crippen molar-refractivity contribution in [2.45, 2.75) is 25.0 Å². The highest BCUT2D eigenvalue weighted by Crippen LogP contribution is 2.33. The average Bonchev–Trinajstić information content (AvgIpc) is 2.70. The molecule has 1 aromatic carbocycles. The summed E-state index contributed by atoms with van der Waals surface area (Å²) in [5.41, 5.74) is 1.79. The van der Waals surface area contributed by atoms with E-state index in [4.69, 9.17) is 11.6 Å². The average molecular weight is 333 g/mol. The van der Waals surface area contributed by atoms with Crippen molar-refractivity contribution in [3.8, 4) is 0 Å². The maximum absolute atomic E-state index is 12.4. The number of rotatable bonds is 1. The Hall–Kier alpha value is -1.89. The molecule has 23 heavy (non-hydrogen) atoms. The van der Waals surface area contributed by atoms with E-state index in [0.29, 0.717) is 22.6 Å². The van der Waals surface area contributed by atoms with Crippen LogP contribution in [0.15, 0.2) is 29.3 Å². The van der Waals surface area contributed by atoms with Crippen LogP contribution in [-0.4, -0.2) is 38.8 Å². The Bertz CT molecular complexity index is 933. The Morgan fingerprint density at radius 3 is 3.13 bits per heavy atom. The van der Waals surface area contributed by atoms with Gasteiger partial charge in [0.25, 0.3) is 5.56 Å². The van der Waals surface area contributed by atoms with E-state index in [-0.39, 0.29) is 11.6 Å². The Labute approximate surface area is 137 Å². The summed E-state index contributed by atoms with van der Waals surface area (Å²) in [6.45, 7) is 1.38. The second kappa shape index (κ2) is 5.63. The number of halogens is 1. The van der Waals surface area contributed by atoms with Crippen molar-refractivity contribution in [1.29, 1.82) is 0 Å². The lowest BCUT2D eigenvalue weighted by Gasteiger charge is -2.23. The number of nitrogens with one attached hydrogen (secondary N) is 2. The van der Waals surface area contributed by atoms with E-state index >= 15 is 0 Å². The number of aliphatic hydroxyl groups is 1. The molecule has 3 N–H and O–H groups in total. The standard InChI is InChI=1S/C16H17ClN4O2/c17-9-3-4-11-10(6-9)14-15(16(23)20-8-19-14)21(11)12-2-1-5-18-7-13(12)22/h3-4,6,8,12-13,18,22H,1-2,5,7H2,(H,19,20,23)/t12?,13-/m1/s1. The van der Waals surface area contributed by atoms with Crippen molar-refractivity contribution in [3.05, 3.63) is 39.9 Å². The molecule has 0 aliphatic carbocycles. The molecule has 0 saturated carbocycles. The number of β-amino-alcohol motifs (C(OH)–C–C–N with tert-alkyl or cyclic N) is 1. The third-order valence-electron chi connectivity index (χ3n) is 4.53. The molecule has 0 radical (unpaired) electrons. The van der Waals surface area contributed by atoms with E-state index in [2.05, 4.69) is 15.3 Å². The van der Waals surface area contributed by atoms with Gasteiger partial charge in [0.15, 0.2) is 0 Å². The van der Waals surface area contributed by atoms with Crippen LogP contribution >= 0.6 is 11.6 Å². The SMILES string of the molecule is O=c1[nH]cnc2c3cc(Cl)ccc3n(C3CCCNC[C@H]3O)c12. The van der Waals surface area contributed by atoms with Crippen LogP contribution in [0.4, 0.5) is 0 Å². The first kappa shape index (κ1) is 14.7. The Kier molecular flexibility index (Phi) is 3.60. The molecular weight excluding hydrogens is 316 g/mol. The van der Waals surface area contributed by atoms with E-state index in [1.807, 2.05) is 16.7 Å². The number of H-pyrrole nitrogens is 1. The lowest BCUT2D eigenvalue weighted by Crippen LogP contribution is -2.32. The zero-order chi connectivity index (χ0) is 16.0. The summed E-state index contributed by atoms with van der Waals surface area (Å²) in [6, 6.07) is 5.35. The number of benzene rings is 1. The van der Waals surface area contributed by atoms with Crippen molar-refractivity contribution in [1.82, 2.24) is 19.9 Å². The fourth-order valence-corrected chi connectivity index (χ4v) is 3.67. The number of hydrogen-bond acceptors (Lipinski definition) is 4. The van der Waals surface area contributed by atoms with Crippen molar-refractivity contribution in [3.63, 3.8) is 0 Å². The number of fused-ring (bicyclic) bond motifs is 3. The third-order valence-corrected chi connectivity index (χ3v) is 4.76. The zero-order valence-corrected chi connectivity index (χ0v) is 13.2. The first-order valence-electron chi connectivity index (χ1n) is 7.72. The molecule has 2 atom stereocenters. The number of hydrogen-bond donors (Lipinski definition) is 3. The van der Waals surface area contributed by atoms with Crippen LogP contribution < -0.4 is 10.9 Å². The first-order chi connectivity index (χ1) is 11.2. The zero-order valence-electron chi connectivity index (χ0n) is 12.4. The second-order valence-electron chi connectivity index (χ2n) is 5.94. The fraction of sp³-hybridized carbons (Fsp3) is 0.375. The van der Waals surface area contributed by atoms with Gasteiger partial charge in [-0.3, -0.25) is 4.79 Å². The minimum Gasteiger partial charge on any atom is -0.390 e. The van der Waals surface area contributed by atoms with E-state index in [9.17, 15) is 9.90 Å². The van der Waals surface area contributed by atoms with Gasteiger partial charge in [-0.2, -0.15) is 0 Å². The predicted molar refractivity (Wildman–Crippen MR) is 90.0 cm³/mol. The van der Waals surface area contributed by atoms with Gasteiger partial charge in [0.1, 0.15) is 11.0 Å². The molecule has 3 heterocycles.